The Bertz CT molecular complexity index is 1110. The Morgan fingerprint density at radius 1 is 1.26 bits per heavy atom. The Kier molecular flexibility index (Phi) is 11.6. The molecule has 12 nitrogen and oxygen atoms in total. The van der Waals surface area contributed by atoms with Crippen molar-refractivity contribution in [3.05, 3.63) is 63.4 Å². The minimum absolute atomic E-state index is 0.0660. The van der Waals surface area contributed by atoms with Crippen molar-refractivity contribution in [2.24, 2.45) is 0 Å². The number of aromatic nitrogens is 2. The zero-order valence-corrected chi connectivity index (χ0v) is 22.1. The fraction of sp³-hybridized carbons (Fsp3) is 0.450. The van der Waals surface area contributed by atoms with Gasteiger partial charge in [0.2, 0.25) is 0 Å². The third-order valence-corrected chi connectivity index (χ3v) is 6.41. The first kappa shape index (κ1) is 29.2. The molecule has 35 heavy (non-hydrogen) atoms. The van der Waals surface area contributed by atoms with Crippen LogP contribution in [0.2, 0.25) is 0 Å². The highest BCUT2D eigenvalue weighted by Crippen LogP contribution is 2.44. The van der Waals surface area contributed by atoms with Crippen LogP contribution < -0.4 is 20.9 Å². The number of hydrogen-bond acceptors (Lipinski definition) is 9. The number of aliphatic hydroxyl groups excluding tert-OH is 1. The van der Waals surface area contributed by atoms with Gasteiger partial charge in [0.15, 0.2) is 5.56 Å². The average molecular weight is 599 g/mol. The Balaban J connectivity index is 2.17. The lowest BCUT2D eigenvalue weighted by Crippen LogP contribution is -2.39. The molecule has 0 radical (unpaired) electrons. The molecule has 2 rings (SSSR count). The molecule has 4 atom stereocenters. The van der Waals surface area contributed by atoms with E-state index in [1.807, 2.05) is 0 Å². The van der Waals surface area contributed by atoms with Gasteiger partial charge in [-0.1, -0.05) is 45.7 Å². The molecule has 15 heteroatoms. The predicted molar refractivity (Wildman–Crippen MR) is 131 cm³/mol. The highest BCUT2D eigenvalue weighted by atomic mass is 79.9. The first-order chi connectivity index (χ1) is 16.5. The molecule has 1 aromatic heterocycles. The molecule has 1 unspecified atom stereocenters. The lowest BCUT2D eigenvalue weighted by Gasteiger charge is -2.27. The number of nitrogens with zero attached hydrogens (tertiary/aromatic N) is 1. The van der Waals surface area contributed by atoms with Crippen LogP contribution in [0.5, 0.6) is 5.75 Å². The summed E-state index contributed by atoms with van der Waals surface area (Å²) in [6, 6.07) is 9.17. The number of nitrogens with one attached hydrogen (secondary N) is 2. The van der Waals surface area contributed by atoms with Gasteiger partial charge in [-0.15, -0.1) is 0 Å². The van der Waals surface area contributed by atoms with Crippen molar-refractivity contribution in [2.45, 2.75) is 37.8 Å². The molecule has 0 fully saturated rings. The smallest absolute Gasteiger partial charge is 0.459 e. The first-order valence-electron chi connectivity index (χ1n) is 10.3. The molecule has 1 aromatic carbocycles. The highest BCUT2D eigenvalue weighted by Gasteiger charge is 2.32. The Morgan fingerprint density at radius 2 is 1.94 bits per heavy atom. The van der Waals surface area contributed by atoms with Gasteiger partial charge in [0, 0.05) is 17.6 Å². The minimum atomic E-state index is -4.20. The summed E-state index contributed by atoms with van der Waals surface area (Å²) >= 11 is 9.03. The molecule has 3 N–H and O–H groups in total. The number of ether oxygens (including phenoxy) is 2. The third-order valence-electron chi connectivity index (χ3n) is 4.09. The van der Waals surface area contributed by atoms with E-state index in [0.29, 0.717) is 0 Å². The van der Waals surface area contributed by atoms with Gasteiger partial charge in [-0.2, -0.15) is 0 Å². The van der Waals surface area contributed by atoms with Crippen LogP contribution >= 0.6 is 35.3 Å². The Labute approximate surface area is 214 Å². The fourth-order valence-electron chi connectivity index (χ4n) is 2.58. The quantitative estimate of drug-likeness (QED) is 0.167. The molecule has 194 valence electrons. The SMILES string of the molecule is CC(C)OC(=O)CNP(=O)(OC[C@@H](O[C@H](CBr)n1ccc(=O)[nH]c1=O)[C@@H](O)Cl)Oc1ccccc1. The van der Waals surface area contributed by atoms with E-state index >= 15 is 0 Å². The van der Waals surface area contributed by atoms with Gasteiger partial charge in [-0.25, -0.2) is 14.4 Å². The number of aromatic amines is 1. The number of aliphatic hydroxyl groups is 1. The van der Waals surface area contributed by atoms with Crippen LogP contribution in [0.15, 0.2) is 52.2 Å². The van der Waals surface area contributed by atoms with E-state index in [1.54, 1.807) is 32.0 Å². The standard InChI is InChI=1S/C20H26BrClN3O9P/c1-13(2)32-18(27)11-23-35(30,34-14-6-4-3-5-7-14)31-12-15(19(22)28)33-17(10-21)25-9-8-16(26)24-20(25)29/h3-9,13,15,17,19,28H,10-12H2,1-2H3,(H,23,30)(H,24,26,29)/t15-,17-,19-,35?/m1/s1. The summed E-state index contributed by atoms with van der Waals surface area (Å²) in [5.74, 6) is -0.509. The highest BCUT2D eigenvalue weighted by molar-refractivity contribution is 9.09. The lowest BCUT2D eigenvalue weighted by molar-refractivity contribution is -0.146. The van der Waals surface area contributed by atoms with Gasteiger partial charge in [-0.05, 0) is 26.0 Å². The Morgan fingerprint density at radius 3 is 2.51 bits per heavy atom. The zero-order chi connectivity index (χ0) is 26.0. The second-order valence-electron chi connectivity index (χ2n) is 7.24. The van der Waals surface area contributed by atoms with Crippen molar-refractivity contribution in [3.63, 3.8) is 0 Å². The number of alkyl halides is 2. The third kappa shape index (κ3) is 9.88. The number of hydrogen-bond donors (Lipinski definition) is 3. The predicted octanol–water partition coefficient (Wildman–Crippen LogP) is 2.12. The molecule has 0 saturated heterocycles. The molecule has 0 aliphatic carbocycles. The summed E-state index contributed by atoms with van der Waals surface area (Å²) < 4.78 is 36.0. The van der Waals surface area contributed by atoms with E-state index in [1.165, 1.54) is 18.3 Å². The van der Waals surface area contributed by atoms with Gasteiger partial charge in [0.05, 0.1) is 12.7 Å². The maximum Gasteiger partial charge on any atom is 0.459 e. The van der Waals surface area contributed by atoms with Crippen molar-refractivity contribution in [1.29, 1.82) is 0 Å². The maximum atomic E-state index is 13.4. The average Bonchev–Trinajstić information content (AvgIpc) is 2.79. The van der Waals surface area contributed by atoms with E-state index in [9.17, 15) is 24.1 Å². The summed E-state index contributed by atoms with van der Waals surface area (Å²) in [5, 5.41) is 12.5. The van der Waals surface area contributed by atoms with Gasteiger partial charge in [-0.3, -0.25) is 23.7 Å². The van der Waals surface area contributed by atoms with Crippen LogP contribution in [-0.2, 0) is 23.4 Å². The minimum Gasteiger partial charge on any atom is -0.462 e. The van der Waals surface area contributed by atoms with Crippen molar-refractivity contribution in [3.8, 4) is 5.75 Å². The van der Waals surface area contributed by atoms with Gasteiger partial charge in [0.25, 0.3) is 5.56 Å². The van der Waals surface area contributed by atoms with E-state index < -0.39 is 56.0 Å². The van der Waals surface area contributed by atoms with E-state index in [0.717, 1.165) is 10.6 Å². The number of H-pyrrole nitrogens is 1. The van der Waals surface area contributed by atoms with Crippen molar-refractivity contribution < 1.29 is 33.0 Å². The summed E-state index contributed by atoms with van der Waals surface area (Å²) in [7, 11) is -4.20. The first-order valence-corrected chi connectivity index (χ1v) is 13.4. The number of para-hydroxylation sites is 1. The number of halogens is 2. The maximum absolute atomic E-state index is 13.4. The summed E-state index contributed by atoms with van der Waals surface area (Å²) in [6.45, 7) is 2.26. The largest absolute Gasteiger partial charge is 0.462 e. The lowest BCUT2D eigenvalue weighted by atomic mass is 10.3. The number of rotatable bonds is 14. The number of esters is 1. The van der Waals surface area contributed by atoms with Crippen LogP contribution in [0, 0.1) is 0 Å². The topological polar surface area (TPSA) is 158 Å². The van der Waals surface area contributed by atoms with Gasteiger partial charge >= 0.3 is 19.4 Å². The molecular formula is C20H26BrClN3O9P. The van der Waals surface area contributed by atoms with Gasteiger partial charge in [0.1, 0.15) is 24.6 Å². The second-order valence-corrected chi connectivity index (χ2v) is 10.1. The number of benzene rings is 1. The van der Waals surface area contributed by atoms with E-state index in [-0.39, 0.29) is 17.2 Å². The monoisotopic (exact) mass is 597 g/mol. The van der Waals surface area contributed by atoms with Crippen LogP contribution in [0.25, 0.3) is 0 Å². The van der Waals surface area contributed by atoms with Crippen LogP contribution in [0.4, 0.5) is 0 Å². The van der Waals surface area contributed by atoms with Crippen molar-refractivity contribution in [1.82, 2.24) is 14.6 Å². The van der Waals surface area contributed by atoms with E-state index in [2.05, 4.69) is 26.0 Å². The van der Waals surface area contributed by atoms with Crippen LogP contribution in [0.1, 0.15) is 20.1 Å². The van der Waals surface area contributed by atoms with Crippen molar-refractivity contribution in [2.75, 3.05) is 18.5 Å². The molecule has 0 aliphatic heterocycles. The van der Waals surface area contributed by atoms with Crippen LogP contribution in [0.3, 0.4) is 0 Å². The molecule has 0 spiro atoms. The zero-order valence-electron chi connectivity index (χ0n) is 18.8. The van der Waals surface area contributed by atoms with Crippen molar-refractivity contribution >= 4 is 41.2 Å². The van der Waals surface area contributed by atoms with E-state index in [4.69, 9.17) is 30.1 Å². The van der Waals surface area contributed by atoms with Gasteiger partial charge < -0.3 is 19.1 Å². The summed E-state index contributed by atoms with van der Waals surface area (Å²) in [4.78, 5) is 37.4. The molecule has 2 aromatic rings. The Hall–Kier alpha value is -1.99. The number of carbonyl (C=O) groups is 1. The number of carbonyl (C=O) groups excluding carboxylic acids is 1. The molecule has 0 amide bonds. The molecule has 0 aliphatic rings. The molecule has 0 saturated carbocycles. The fourth-order valence-corrected chi connectivity index (χ4v) is 4.45. The summed E-state index contributed by atoms with van der Waals surface area (Å²) in [5.41, 5.74) is -3.00. The molecule has 1 heterocycles. The molecule has 0 bridgehead atoms. The van der Waals surface area contributed by atoms with Crippen LogP contribution in [-0.4, -0.2) is 56.9 Å². The molecular weight excluding hydrogens is 573 g/mol. The second kappa shape index (κ2) is 13.9. The summed E-state index contributed by atoms with van der Waals surface area (Å²) in [6.07, 6.45) is -1.52. The normalized spacial score (nSPS) is 15.7.